The molecule has 0 saturated carbocycles. The topological polar surface area (TPSA) is 111 Å². The van der Waals surface area contributed by atoms with Crippen LogP contribution in [0.3, 0.4) is 0 Å². The van der Waals surface area contributed by atoms with Crippen LogP contribution in [0.25, 0.3) is 0 Å². The second-order valence-electron chi connectivity index (χ2n) is 2.59. The minimum Gasteiger partial charge on any atom is -0.480 e. The summed E-state index contributed by atoms with van der Waals surface area (Å²) < 4.78 is 15.4. The Hall–Kier alpha value is -1.06. The van der Waals surface area contributed by atoms with E-state index in [0.717, 1.165) is 0 Å². The van der Waals surface area contributed by atoms with Crippen molar-refractivity contribution in [2.45, 2.75) is 6.42 Å². The van der Waals surface area contributed by atoms with Crippen molar-refractivity contribution < 1.29 is 24.1 Å². The van der Waals surface area contributed by atoms with Crippen LogP contribution in [0, 0.1) is 11.3 Å². The first-order valence-corrected chi connectivity index (χ1v) is 5.46. The van der Waals surface area contributed by atoms with Crippen molar-refractivity contribution in [2.75, 3.05) is 26.2 Å². The lowest BCUT2D eigenvalue weighted by molar-refractivity contribution is -0.138. The van der Waals surface area contributed by atoms with Crippen LogP contribution in [-0.4, -0.2) is 47.3 Å². The average Bonchev–Trinajstić information content (AvgIpc) is 2.13. The molecule has 0 heterocycles. The highest BCUT2D eigenvalue weighted by Gasteiger charge is 2.23. The predicted molar refractivity (Wildman–Crippen MR) is 50.1 cm³/mol. The molecule has 1 atom stereocenters. The van der Waals surface area contributed by atoms with E-state index >= 15 is 0 Å². The number of carboxylic acids is 1. The maximum atomic E-state index is 11.0. The van der Waals surface area contributed by atoms with Crippen LogP contribution in [0.15, 0.2) is 0 Å². The number of aliphatic carboxylic acids is 1. The molecule has 0 aliphatic carbocycles. The number of carboxylic acid groups (broad SMARTS) is 1. The molecule has 0 radical (unpaired) electrons. The Kier molecular flexibility index (Phi) is 7.68. The van der Waals surface area contributed by atoms with Gasteiger partial charge in [-0.2, -0.15) is 5.26 Å². The number of rotatable bonds is 8. The maximum absolute atomic E-state index is 11.0. The lowest BCUT2D eigenvalue weighted by Crippen LogP contribution is -2.30. The predicted octanol–water partition coefficient (Wildman–Crippen LogP) is -0.0470. The number of nitrogens with zero attached hydrogens (tertiary/aromatic N) is 2. The number of hydrogen-bond acceptors (Lipinski definition) is 6. The van der Waals surface area contributed by atoms with Gasteiger partial charge in [-0.15, -0.1) is 4.52 Å². The molecule has 0 amide bonds. The third-order valence-corrected chi connectivity index (χ3v) is 2.45. The third kappa shape index (κ3) is 7.97. The molecule has 0 rings (SSSR count). The van der Waals surface area contributed by atoms with E-state index in [1.807, 2.05) is 6.07 Å². The van der Waals surface area contributed by atoms with Gasteiger partial charge in [0.2, 0.25) is 6.29 Å². The van der Waals surface area contributed by atoms with E-state index in [4.69, 9.17) is 15.5 Å². The molecular weight excluding hydrogens is 223 g/mol. The van der Waals surface area contributed by atoms with Crippen molar-refractivity contribution in [1.82, 2.24) is 4.90 Å². The fourth-order valence-corrected chi connectivity index (χ4v) is 1.65. The zero-order valence-corrected chi connectivity index (χ0v) is 8.89. The molecule has 2 N–H and O–H groups in total. The third-order valence-electron chi connectivity index (χ3n) is 1.42. The van der Waals surface area contributed by atoms with E-state index < -0.39 is 20.8 Å². The SMILES string of the molecule is N#CCCN(CC(=O)O)C[P+](=O)OCO. The summed E-state index contributed by atoms with van der Waals surface area (Å²) in [5.41, 5.74) is 0. The molecule has 0 aromatic carbocycles. The highest BCUT2D eigenvalue weighted by Crippen LogP contribution is 2.22. The molecule has 0 saturated heterocycles. The molecule has 84 valence electrons. The molecule has 15 heavy (non-hydrogen) atoms. The number of aliphatic hydroxyl groups excluding tert-OH is 1. The summed E-state index contributed by atoms with van der Waals surface area (Å²) in [6.45, 7) is -0.773. The highest BCUT2D eigenvalue weighted by molar-refractivity contribution is 7.39. The molecule has 0 fully saturated rings. The first-order chi connectivity index (χ1) is 7.10. The fraction of sp³-hybridized carbons (Fsp3) is 0.714. The molecule has 0 bridgehead atoms. The maximum Gasteiger partial charge on any atom is 0.526 e. The Morgan fingerprint density at radius 3 is 2.73 bits per heavy atom. The molecule has 0 spiro atoms. The van der Waals surface area contributed by atoms with Gasteiger partial charge in [-0.25, -0.2) is 4.90 Å². The molecular formula is C7H12N2O5P+. The van der Waals surface area contributed by atoms with Crippen LogP contribution in [0.4, 0.5) is 0 Å². The molecule has 1 unspecified atom stereocenters. The number of aliphatic hydroxyl groups is 1. The summed E-state index contributed by atoms with van der Waals surface area (Å²) in [6, 6.07) is 1.86. The standard InChI is InChI=1S/C7H11N2O5P/c8-2-1-3-9(4-7(11)12)5-15(13)14-6-10/h10H,1,3-6H2/p+1. The largest absolute Gasteiger partial charge is 0.526 e. The summed E-state index contributed by atoms with van der Waals surface area (Å²) >= 11 is 0. The Bertz CT molecular complexity index is 265. The lowest BCUT2D eigenvalue weighted by Gasteiger charge is -2.11. The Labute approximate surface area is 87.7 Å². The van der Waals surface area contributed by atoms with E-state index in [-0.39, 0.29) is 25.8 Å². The van der Waals surface area contributed by atoms with Crippen molar-refractivity contribution in [3.8, 4) is 6.07 Å². The molecule has 8 heteroatoms. The monoisotopic (exact) mass is 235 g/mol. The van der Waals surface area contributed by atoms with E-state index in [2.05, 4.69) is 4.52 Å². The van der Waals surface area contributed by atoms with Crippen LogP contribution in [0.5, 0.6) is 0 Å². The van der Waals surface area contributed by atoms with E-state index in [9.17, 15) is 9.36 Å². The molecule has 7 nitrogen and oxygen atoms in total. The summed E-state index contributed by atoms with van der Waals surface area (Å²) in [4.78, 5) is 11.7. The highest BCUT2D eigenvalue weighted by atomic mass is 31.1. The van der Waals surface area contributed by atoms with Crippen molar-refractivity contribution in [2.24, 2.45) is 0 Å². The summed E-state index contributed by atoms with van der Waals surface area (Å²) in [5.74, 6) is -1.07. The first-order valence-electron chi connectivity index (χ1n) is 4.09. The van der Waals surface area contributed by atoms with Gasteiger partial charge in [0.05, 0.1) is 6.07 Å². The van der Waals surface area contributed by atoms with Crippen LogP contribution < -0.4 is 0 Å². The Morgan fingerprint density at radius 1 is 1.60 bits per heavy atom. The van der Waals surface area contributed by atoms with Gasteiger partial charge in [-0.3, -0.25) is 4.79 Å². The zero-order valence-electron chi connectivity index (χ0n) is 8.00. The molecule has 0 aromatic heterocycles. The minimum absolute atomic E-state index is 0.107. The zero-order chi connectivity index (χ0) is 11.7. The van der Waals surface area contributed by atoms with Gasteiger partial charge in [0.15, 0.2) is 6.79 Å². The first kappa shape index (κ1) is 13.9. The minimum atomic E-state index is -2.11. The van der Waals surface area contributed by atoms with E-state index in [1.165, 1.54) is 4.90 Å². The van der Waals surface area contributed by atoms with Gasteiger partial charge in [-0.05, 0) is 4.57 Å². The number of hydrogen-bond donors (Lipinski definition) is 2. The lowest BCUT2D eigenvalue weighted by atomic mass is 10.4. The summed E-state index contributed by atoms with van der Waals surface area (Å²) in [7, 11) is -2.11. The van der Waals surface area contributed by atoms with Gasteiger partial charge in [-0.1, -0.05) is 0 Å². The van der Waals surface area contributed by atoms with Crippen molar-refractivity contribution in [3.63, 3.8) is 0 Å². The number of carbonyl (C=O) groups is 1. The average molecular weight is 235 g/mol. The molecule has 0 aliphatic heterocycles. The van der Waals surface area contributed by atoms with E-state index in [0.29, 0.717) is 0 Å². The molecule has 0 aliphatic rings. The second kappa shape index (κ2) is 8.26. The molecule has 0 aromatic rings. The van der Waals surface area contributed by atoms with Gasteiger partial charge < -0.3 is 10.2 Å². The van der Waals surface area contributed by atoms with Crippen molar-refractivity contribution in [1.29, 1.82) is 5.26 Å². The smallest absolute Gasteiger partial charge is 0.480 e. The van der Waals surface area contributed by atoms with Crippen molar-refractivity contribution >= 4 is 14.0 Å². The number of nitriles is 1. The van der Waals surface area contributed by atoms with Crippen LogP contribution in [-0.2, 0) is 13.9 Å². The van der Waals surface area contributed by atoms with Crippen LogP contribution >= 0.6 is 8.03 Å². The van der Waals surface area contributed by atoms with Gasteiger partial charge in [0.1, 0.15) is 6.54 Å². The van der Waals surface area contributed by atoms with Crippen molar-refractivity contribution in [3.05, 3.63) is 0 Å². The quantitative estimate of drug-likeness (QED) is 0.448. The van der Waals surface area contributed by atoms with Gasteiger partial charge in [0.25, 0.3) is 0 Å². The van der Waals surface area contributed by atoms with Gasteiger partial charge >= 0.3 is 14.0 Å². The summed E-state index contributed by atoms with van der Waals surface area (Å²) in [6.07, 6.45) is 0.0411. The normalized spacial score (nSPS) is 11.1. The van der Waals surface area contributed by atoms with E-state index in [1.54, 1.807) is 0 Å². The van der Waals surface area contributed by atoms with Gasteiger partial charge in [0, 0.05) is 13.0 Å². The van der Waals surface area contributed by atoms with Crippen LogP contribution in [0.2, 0.25) is 0 Å². The Balaban J connectivity index is 4.05. The fourth-order valence-electron chi connectivity index (χ4n) is 0.868. The summed E-state index contributed by atoms with van der Waals surface area (Å²) in [5, 5.41) is 25.1. The Morgan fingerprint density at radius 2 is 2.27 bits per heavy atom. The second-order valence-corrected chi connectivity index (χ2v) is 3.79. The van der Waals surface area contributed by atoms with Crippen LogP contribution in [0.1, 0.15) is 6.42 Å².